The summed E-state index contributed by atoms with van der Waals surface area (Å²) < 4.78 is 1.87. The molecule has 0 aliphatic rings. The van der Waals surface area contributed by atoms with Crippen LogP contribution in [0.15, 0.2) is 27.7 Å². The molecule has 0 aliphatic carbocycles. The highest BCUT2D eigenvalue weighted by Crippen LogP contribution is 2.17. The highest BCUT2D eigenvalue weighted by Gasteiger charge is 2.09. The third kappa shape index (κ3) is 2.51. The number of nitrogens with zero attached hydrogens (tertiary/aromatic N) is 2. The first kappa shape index (κ1) is 13.0. The van der Waals surface area contributed by atoms with Crippen molar-refractivity contribution < 1.29 is 9.90 Å². The van der Waals surface area contributed by atoms with Gasteiger partial charge in [0.2, 0.25) is 0 Å². The molecule has 0 bridgehead atoms. The summed E-state index contributed by atoms with van der Waals surface area (Å²) in [6, 6.07) is 3.23. The van der Waals surface area contributed by atoms with Crippen molar-refractivity contribution in [2.45, 2.75) is 13.5 Å². The molecule has 0 aliphatic heterocycles. The molecule has 94 valence electrons. The van der Waals surface area contributed by atoms with Gasteiger partial charge < -0.3 is 5.11 Å². The number of aryl methyl sites for hydroxylation is 1. The molecule has 2 heterocycles. The van der Waals surface area contributed by atoms with Crippen molar-refractivity contribution >= 4 is 33.2 Å². The minimum atomic E-state index is -0.957. The molecule has 0 unspecified atom stereocenters. The number of hydrogen-bond acceptors (Lipinski definition) is 4. The molecule has 0 saturated carbocycles. The maximum absolute atomic E-state index is 11.9. The van der Waals surface area contributed by atoms with Crippen LogP contribution in [0.5, 0.6) is 0 Å². The summed E-state index contributed by atoms with van der Waals surface area (Å²) in [4.78, 5) is 27.8. The number of carboxylic acid groups (broad SMARTS) is 1. The molecule has 2 aromatic rings. The molecule has 2 rings (SSSR count). The normalized spacial score (nSPS) is 10.6. The monoisotopic (exact) mass is 328 g/mol. The lowest BCUT2D eigenvalue weighted by atomic mass is 10.4. The lowest BCUT2D eigenvalue weighted by Gasteiger charge is -2.04. The van der Waals surface area contributed by atoms with E-state index in [1.165, 1.54) is 17.0 Å². The van der Waals surface area contributed by atoms with Gasteiger partial charge in [-0.3, -0.25) is 9.36 Å². The fourth-order valence-electron chi connectivity index (χ4n) is 1.40. The smallest absolute Gasteiger partial charge is 0.345 e. The summed E-state index contributed by atoms with van der Waals surface area (Å²) in [6.45, 7) is 2.06. The molecule has 7 heteroatoms. The Bertz CT molecular complexity index is 663. The number of carboxylic acids is 1. The summed E-state index contributed by atoms with van der Waals surface area (Å²) >= 11 is 4.34. The van der Waals surface area contributed by atoms with E-state index in [4.69, 9.17) is 5.11 Å². The quantitative estimate of drug-likeness (QED) is 0.936. The third-order valence-electron chi connectivity index (χ3n) is 2.36. The van der Waals surface area contributed by atoms with Crippen LogP contribution in [-0.4, -0.2) is 20.6 Å². The number of halogens is 1. The van der Waals surface area contributed by atoms with Crippen molar-refractivity contribution in [3.8, 4) is 0 Å². The SMILES string of the molecule is Cc1ncn(Cc2ccc(C(=O)O)s2)c(=O)c1Br. The van der Waals surface area contributed by atoms with Gasteiger partial charge in [-0.05, 0) is 35.0 Å². The first-order valence-corrected chi connectivity index (χ1v) is 6.63. The summed E-state index contributed by atoms with van der Waals surface area (Å²) in [7, 11) is 0. The lowest BCUT2D eigenvalue weighted by Crippen LogP contribution is -2.22. The molecular weight excluding hydrogens is 320 g/mol. The van der Waals surface area contributed by atoms with Crippen LogP contribution in [0.3, 0.4) is 0 Å². The largest absolute Gasteiger partial charge is 0.477 e. The average molecular weight is 329 g/mol. The first-order valence-electron chi connectivity index (χ1n) is 5.02. The molecule has 5 nitrogen and oxygen atoms in total. The van der Waals surface area contributed by atoms with E-state index in [2.05, 4.69) is 20.9 Å². The van der Waals surface area contributed by atoms with Crippen LogP contribution < -0.4 is 5.56 Å². The molecule has 0 saturated heterocycles. The van der Waals surface area contributed by atoms with E-state index < -0.39 is 5.97 Å². The van der Waals surface area contributed by atoms with Gasteiger partial charge in [0.1, 0.15) is 9.35 Å². The topological polar surface area (TPSA) is 72.2 Å². The van der Waals surface area contributed by atoms with Crippen molar-refractivity contribution in [2.75, 3.05) is 0 Å². The van der Waals surface area contributed by atoms with Crippen molar-refractivity contribution in [1.82, 2.24) is 9.55 Å². The highest BCUT2D eigenvalue weighted by atomic mass is 79.9. The van der Waals surface area contributed by atoms with Crippen molar-refractivity contribution in [2.24, 2.45) is 0 Å². The average Bonchev–Trinajstić information content (AvgIpc) is 2.79. The van der Waals surface area contributed by atoms with Crippen LogP contribution in [0.25, 0.3) is 0 Å². The van der Waals surface area contributed by atoms with Gasteiger partial charge in [-0.2, -0.15) is 0 Å². The van der Waals surface area contributed by atoms with E-state index in [1.54, 1.807) is 13.0 Å². The van der Waals surface area contributed by atoms with Crippen molar-refractivity contribution in [1.29, 1.82) is 0 Å². The second-order valence-corrected chi connectivity index (χ2v) is 5.61. The number of rotatable bonds is 3. The zero-order valence-corrected chi connectivity index (χ0v) is 11.8. The van der Waals surface area contributed by atoms with Gasteiger partial charge in [0.15, 0.2) is 0 Å². The predicted octanol–water partition coefficient (Wildman–Crippen LogP) is 2.12. The molecule has 1 N–H and O–H groups in total. The predicted molar refractivity (Wildman–Crippen MR) is 71.3 cm³/mol. The van der Waals surface area contributed by atoms with Gasteiger partial charge in [0.25, 0.3) is 5.56 Å². The van der Waals surface area contributed by atoms with E-state index in [0.29, 0.717) is 16.7 Å². The second kappa shape index (κ2) is 5.03. The molecule has 0 atom stereocenters. The van der Waals surface area contributed by atoms with Crippen LogP contribution in [0.2, 0.25) is 0 Å². The fraction of sp³-hybridized carbons (Fsp3) is 0.182. The van der Waals surface area contributed by atoms with Crippen LogP contribution in [0, 0.1) is 6.92 Å². The Morgan fingerprint density at radius 2 is 2.28 bits per heavy atom. The second-order valence-electron chi connectivity index (χ2n) is 3.65. The summed E-state index contributed by atoms with van der Waals surface area (Å²) in [5.74, 6) is -0.957. The minimum Gasteiger partial charge on any atom is -0.477 e. The van der Waals surface area contributed by atoms with Crippen LogP contribution in [0.1, 0.15) is 20.2 Å². The Morgan fingerprint density at radius 3 is 2.89 bits per heavy atom. The van der Waals surface area contributed by atoms with Gasteiger partial charge in [-0.1, -0.05) is 0 Å². The molecule has 0 amide bonds. The molecule has 0 radical (unpaired) electrons. The minimum absolute atomic E-state index is 0.173. The van der Waals surface area contributed by atoms with E-state index in [-0.39, 0.29) is 10.4 Å². The highest BCUT2D eigenvalue weighted by molar-refractivity contribution is 9.10. The van der Waals surface area contributed by atoms with Gasteiger partial charge >= 0.3 is 5.97 Å². The molecule has 0 fully saturated rings. The maximum atomic E-state index is 11.9. The Balaban J connectivity index is 2.31. The van der Waals surface area contributed by atoms with E-state index in [9.17, 15) is 9.59 Å². The number of aromatic carboxylic acids is 1. The van der Waals surface area contributed by atoms with Gasteiger partial charge in [0, 0.05) is 4.88 Å². The van der Waals surface area contributed by atoms with Crippen LogP contribution in [-0.2, 0) is 6.54 Å². The summed E-state index contributed by atoms with van der Waals surface area (Å²) in [5.41, 5.74) is 0.460. The Hall–Kier alpha value is -1.47. The molecular formula is C11H9BrN2O3S. The van der Waals surface area contributed by atoms with Gasteiger partial charge in [-0.15, -0.1) is 11.3 Å². The first-order chi connectivity index (χ1) is 8.49. The van der Waals surface area contributed by atoms with Crippen LogP contribution in [0.4, 0.5) is 0 Å². The summed E-state index contributed by atoms with van der Waals surface area (Å²) in [5, 5.41) is 8.82. The van der Waals surface area contributed by atoms with Crippen molar-refractivity contribution in [3.05, 3.63) is 48.7 Å². The van der Waals surface area contributed by atoms with Crippen LogP contribution >= 0.6 is 27.3 Å². The zero-order valence-electron chi connectivity index (χ0n) is 9.38. The Labute approximate surface area is 115 Å². The molecule has 18 heavy (non-hydrogen) atoms. The third-order valence-corrected chi connectivity index (χ3v) is 4.33. The number of hydrogen-bond donors (Lipinski definition) is 1. The van der Waals surface area contributed by atoms with E-state index in [1.807, 2.05) is 0 Å². The maximum Gasteiger partial charge on any atom is 0.345 e. The number of carbonyl (C=O) groups is 1. The molecule has 0 spiro atoms. The van der Waals surface area contributed by atoms with E-state index >= 15 is 0 Å². The van der Waals surface area contributed by atoms with E-state index in [0.717, 1.165) is 16.2 Å². The fourth-order valence-corrected chi connectivity index (χ4v) is 2.58. The van der Waals surface area contributed by atoms with Crippen molar-refractivity contribution in [3.63, 3.8) is 0 Å². The summed E-state index contributed by atoms with van der Waals surface area (Å²) in [6.07, 6.45) is 1.46. The standard InChI is InChI=1S/C11H9BrN2O3S/c1-6-9(12)10(15)14(5-13-6)4-7-2-3-8(18-7)11(16)17/h2-3,5H,4H2,1H3,(H,16,17). The number of aromatic nitrogens is 2. The lowest BCUT2D eigenvalue weighted by molar-refractivity contribution is 0.0702. The van der Waals surface area contributed by atoms with Gasteiger partial charge in [0.05, 0.1) is 18.6 Å². The number of thiophene rings is 1. The Kier molecular flexibility index (Phi) is 3.63. The van der Waals surface area contributed by atoms with Gasteiger partial charge in [-0.25, -0.2) is 9.78 Å². The molecule has 0 aromatic carbocycles. The zero-order chi connectivity index (χ0) is 13.3. The molecule has 2 aromatic heterocycles. The Morgan fingerprint density at radius 1 is 1.56 bits per heavy atom.